The summed E-state index contributed by atoms with van der Waals surface area (Å²) in [6, 6.07) is 5.59. The van der Waals surface area contributed by atoms with Gasteiger partial charge in [-0.1, -0.05) is 46.4 Å². The van der Waals surface area contributed by atoms with Crippen molar-refractivity contribution in [3.05, 3.63) is 55.5 Å². The van der Waals surface area contributed by atoms with E-state index in [1.54, 1.807) is 0 Å². The molecule has 0 bridgehead atoms. The maximum Gasteiger partial charge on any atom is 0.250 e. The molecule has 0 aromatic heterocycles. The molecule has 0 aliphatic heterocycles. The standard InChI is InChI=1S/C18H14Cl4N4O4S/c19-11-1-9(17(29)13(21)3-11)5-23-25-15(27)7-31-8-16(28)26-24-6-10-2-12(20)4-14(22)18(10)30/h1-6,29-30H,7-8H2,(H,25,27)(H,26,28)/b23-5-,24-6-. The van der Waals surface area contributed by atoms with E-state index in [1.807, 2.05) is 0 Å². The van der Waals surface area contributed by atoms with E-state index in [0.717, 1.165) is 11.8 Å². The van der Waals surface area contributed by atoms with E-state index in [0.29, 0.717) is 10.0 Å². The summed E-state index contributed by atoms with van der Waals surface area (Å²) in [7, 11) is 0. The fraction of sp³-hybridized carbons (Fsp3) is 0.111. The van der Waals surface area contributed by atoms with E-state index in [4.69, 9.17) is 46.4 Å². The van der Waals surface area contributed by atoms with Crippen molar-refractivity contribution >= 4 is 82.4 Å². The Bertz CT molecular complexity index is 968. The van der Waals surface area contributed by atoms with Crippen LogP contribution in [0.25, 0.3) is 0 Å². The smallest absolute Gasteiger partial charge is 0.250 e. The molecule has 0 aliphatic carbocycles. The Morgan fingerprint density at radius 1 is 0.806 bits per heavy atom. The fourth-order valence-electron chi connectivity index (χ4n) is 2.02. The highest BCUT2D eigenvalue weighted by Crippen LogP contribution is 2.30. The number of rotatable bonds is 8. The molecule has 0 saturated heterocycles. The number of nitrogens with zero attached hydrogens (tertiary/aromatic N) is 2. The van der Waals surface area contributed by atoms with Crippen LogP contribution in [0.2, 0.25) is 20.1 Å². The van der Waals surface area contributed by atoms with Crippen LogP contribution in [0.4, 0.5) is 0 Å². The van der Waals surface area contributed by atoms with Crippen molar-refractivity contribution in [2.75, 3.05) is 11.5 Å². The molecule has 2 amide bonds. The molecule has 0 heterocycles. The van der Waals surface area contributed by atoms with Crippen LogP contribution in [0, 0.1) is 0 Å². The summed E-state index contributed by atoms with van der Waals surface area (Å²) < 4.78 is 0. The second kappa shape index (κ2) is 12.0. The average Bonchev–Trinajstić information content (AvgIpc) is 2.69. The summed E-state index contributed by atoms with van der Waals surface area (Å²) in [5, 5.41) is 27.7. The normalized spacial score (nSPS) is 11.2. The minimum Gasteiger partial charge on any atom is -0.506 e. The van der Waals surface area contributed by atoms with Gasteiger partial charge in [-0.15, -0.1) is 11.8 Å². The second-order valence-electron chi connectivity index (χ2n) is 5.73. The molecule has 0 atom stereocenters. The van der Waals surface area contributed by atoms with Gasteiger partial charge in [-0.05, 0) is 24.3 Å². The van der Waals surface area contributed by atoms with Crippen LogP contribution in [0.3, 0.4) is 0 Å². The molecule has 0 unspecified atom stereocenters. The van der Waals surface area contributed by atoms with Gasteiger partial charge in [0.2, 0.25) is 11.8 Å². The first-order chi connectivity index (χ1) is 14.7. The third-order valence-corrected chi connectivity index (χ3v) is 5.31. The zero-order chi connectivity index (χ0) is 23.0. The minimum absolute atomic E-state index is 0.0539. The van der Waals surface area contributed by atoms with Gasteiger partial charge in [0.1, 0.15) is 11.5 Å². The number of benzene rings is 2. The van der Waals surface area contributed by atoms with Crippen LogP contribution >= 0.6 is 58.2 Å². The molecule has 2 rings (SSSR count). The zero-order valence-corrected chi connectivity index (χ0v) is 19.2. The van der Waals surface area contributed by atoms with Gasteiger partial charge in [-0.2, -0.15) is 10.2 Å². The summed E-state index contributed by atoms with van der Waals surface area (Å²) in [5.74, 6) is -1.48. The topological polar surface area (TPSA) is 123 Å². The summed E-state index contributed by atoms with van der Waals surface area (Å²) in [6.07, 6.45) is 2.38. The molecule has 0 fully saturated rings. The number of hydrogen-bond acceptors (Lipinski definition) is 7. The monoisotopic (exact) mass is 522 g/mol. The van der Waals surface area contributed by atoms with E-state index in [2.05, 4.69) is 21.1 Å². The molecule has 0 radical (unpaired) electrons. The predicted octanol–water partition coefficient (Wildman–Crippen LogP) is 4.05. The van der Waals surface area contributed by atoms with Gasteiger partial charge in [-0.25, -0.2) is 10.9 Å². The van der Waals surface area contributed by atoms with Gasteiger partial charge in [0.05, 0.1) is 34.0 Å². The van der Waals surface area contributed by atoms with Gasteiger partial charge in [0.15, 0.2) is 0 Å². The molecule has 31 heavy (non-hydrogen) atoms. The maximum absolute atomic E-state index is 11.8. The quantitative estimate of drug-likeness (QED) is 0.307. The van der Waals surface area contributed by atoms with Gasteiger partial charge >= 0.3 is 0 Å². The van der Waals surface area contributed by atoms with Gasteiger partial charge < -0.3 is 10.2 Å². The number of hydrogen-bond donors (Lipinski definition) is 4. The Balaban J connectivity index is 1.74. The Morgan fingerprint density at radius 2 is 1.19 bits per heavy atom. The van der Waals surface area contributed by atoms with Gasteiger partial charge in [0.25, 0.3) is 0 Å². The number of phenols is 2. The molecular weight excluding hydrogens is 510 g/mol. The zero-order valence-electron chi connectivity index (χ0n) is 15.4. The number of carbonyl (C=O) groups excluding carboxylic acids is 2. The number of nitrogens with one attached hydrogen (secondary N) is 2. The summed E-state index contributed by atoms with van der Waals surface area (Å²) >= 11 is 24.3. The third-order valence-electron chi connectivity index (χ3n) is 3.37. The van der Waals surface area contributed by atoms with Crippen molar-refractivity contribution in [2.24, 2.45) is 10.2 Å². The molecule has 0 saturated carbocycles. The van der Waals surface area contributed by atoms with Crippen LogP contribution in [0.15, 0.2) is 34.5 Å². The first-order valence-corrected chi connectivity index (χ1v) is 10.9. The van der Waals surface area contributed by atoms with E-state index in [1.165, 1.54) is 36.7 Å². The number of thioether (sulfide) groups is 1. The van der Waals surface area contributed by atoms with Crippen LogP contribution in [-0.4, -0.2) is 46.0 Å². The number of carbonyl (C=O) groups is 2. The summed E-state index contributed by atoms with van der Waals surface area (Å²) in [5.41, 5.74) is 4.96. The van der Waals surface area contributed by atoms with Crippen molar-refractivity contribution in [2.45, 2.75) is 0 Å². The molecule has 0 aliphatic rings. The first kappa shape index (κ1) is 25.1. The van der Waals surface area contributed by atoms with E-state index in [9.17, 15) is 19.8 Å². The number of phenolic OH excluding ortho intramolecular Hbond substituents is 2. The minimum atomic E-state index is -0.469. The van der Waals surface area contributed by atoms with Gasteiger partial charge in [-0.3, -0.25) is 9.59 Å². The van der Waals surface area contributed by atoms with Crippen LogP contribution < -0.4 is 10.9 Å². The van der Waals surface area contributed by atoms with Crippen molar-refractivity contribution < 1.29 is 19.8 Å². The largest absolute Gasteiger partial charge is 0.506 e. The number of amides is 2. The molecule has 164 valence electrons. The molecule has 4 N–H and O–H groups in total. The second-order valence-corrected chi connectivity index (χ2v) is 8.40. The molecule has 0 spiro atoms. The van der Waals surface area contributed by atoms with Crippen LogP contribution in [0.1, 0.15) is 11.1 Å². The summed E-state index contributed by atoms with van der Waals surface area (Å²) in [4.78, 5) is 23.5. The van der Waals surface area contributed by atoms with Crippen molar-refractivity contribution in [3.63, 3.8) is 0 Å². The Morgan fingerprint density at radius 3 is 1.58 bits per heavy atom. The third kappa shape index (κ3) is 8.12. The number of aromatic hydroxyl groups is 2. The van der Waals surface area contributed by atoms with Crippen LogP contribution in [-0.2, 0) is 9.59 Å². The first-order valence-electron chi connectivity index (χ1n) is 8.25. The Kier molecular flexibility index (Phi) is 9.73. The van der Waals surface area contributed by atoms with E-state index in [-0.39, 0.29) is 44.2 Å². The van der Waals surface area contributed by atoms with E-state index >= 15 is 0 Å². The molecular formula is C18H14Cl4N4O4S. The van der Waals surface area contributed by atoms with Gasteiger partial charge in [0, 0.05) is 21.2 Å². The molecule has 2 aromatic carbocycles. The number of halogens is 4. The fourth-order valence-corrected chi connectivity index (χ4v) is 3.64. The predicted molar refractivity (Wildman–Crippen MR) is 125 cm³/mol. The lowest BCUT2D eigenvalue weighted by Crippen LogP contribution is -2.23. The SMILES string of the molecule is O=C(CSCC(=O)N/N=C\c1cc(Cl)cc(Cl)c1O)N/N=C\c1cc(Cl)cc(Cl)c1O. The van der Waals surface area contributed by atoms with Crippen LogP contribution in [0.5, 0.6) is 11.5 Å². The Hall–Kier alpha value is -2.17. The van der Waals surface area contributed by atoms with Crippen molar-refractivity contribution in [1.29, 1.82) is 0 Å². The maximum atomic E-state index is 11.8. The lowest BCUT2D eigenvalue weighted by molar-refractivity contribution is -0.118. The highest BCUT2D eigenvalue weighted by atomic mass is 35.5. The highest BCUT2D eigenvalue weighted by molar-refractivity contribution is 8.00. The summed E-state index contributed by atoms with van der Waals surface area (Å²) in [6.45, 7) is 0. The number of hydrazone groups is 2. The van der Waals surface area contributed by atoms with Crippen molar-refractivity contribution in [1.82, 2.24) is 10.9 Å². The molecule has 13 heteroatoms. The molecule has 8 nitrogen and oxygen atoms in total. The van der Waals surface area contributed by atoms with E-state index < -0.39 is 11.8 Å². The highest BCUT2D eigenvalue weighted by Gasteiger charge is 2.08. The lowest BCUT2D eigenvalue weighted by Gasteiger charge is -2.03. The lowest BCUT2D eigenvalue weighted by atomic mass is 10.2. The Labute approximate surface area is 201 Å². The van der Waals surface area contributed by atoms with Crippen molar-refractivity contribution in [3.8, 4) is 11.5 Å². The molecule has 2 aromatic rings. The average molecular weight is 524 g/mol.